The van der Waals surface area contributed by atoms with Crippen molar-refractivity contribution in [3.63, 3.8) is 0 Å². The summed E-state index contributed by atoms with van der Waals surface area (Å²) >= 11 is 0. The van der Waals surface area contributed by atoms with Crippen molar-refractivity contribution in [3.8, 4) is 0 Å². The predicted molar refractivity (Wildman–Crippen MR) is 61.5 cm³/mol. The lowest BCUT2D eigenvalue weighted by Gasteiger charge is -2.34. The van der Waals surface area contributed by atoms with Gasteiger partial charge in [-0.15, -0.1) is 0 Å². The van der Waals surface area contributed by atoms with Crippen LogP contribution in [0.2, 0.25) is 0 Å². The van der Waals surface area contributed by atoms with Crippen LogP contribution >= 0.6 is 0 Å². The second-order valence-electron chi connectivity index (χ2n) is 6.04. The molecule has 1 N–H and O–H groups in total. The fourth-order valence-corrected chi connectivity index (χ4v) is 2.99. The van der Waals surface area contributed by atoms with E-state index in [4.69, 9.17) is 5.11 Å². The summed E-state index contributed by atoms with van der Waals surface area (Å²) < 4.78 is 79.2. The van der Waals surface area contributed by atoms with Crippen LogP contribution in [0.15, 0.2) is 12.2 Å². The minimum atomic E-state index is -6.00. The Morgan fingerprint density at radius 3 is 2.14 bits per heavy atom. The second-order valence-corrected chi connectivity index (χ2v) is 6.04. The summed E-state index contributed by atoms with van der Waals surface area (Å²) in [4.78, 5) is 12.0. The SMILES string of the molecule is CC1(C(=O)OCC(O)(C(F)(F)F)C(F)(F)F)CC2C=CC1C2. The van der Waals surface area contributed by atoms with Crippen molar-refractivity contribution in [1.29, 1.82) is 0 Å². The summed E-state index contributed by atoms with van der Waals surface area (Å²) in [6.07, 6.45) is -7.49. The average molecular weight is 332 g/mol. The molecule has 0 heterocycles. The number of alkyl halides is 6. The number of carbonyl (C=O) groups excluding carboxylic acids is 1. The molecule has 3 unspecified atom stereocenters. The molecule has 2 aliphatic rings. The quantitative estimate of drug-likeness (QED) is 0.491. The van der Waals surface area contributed by atoms with Gasteiger partial charge in [0.25, 0.3) is 5.60 Å². The molecule has 0 spiro atoms. The lowest BCUT2D eigenvalue weighted by molar-refractivity contribution is -0.375. The van der Waals surface area contributed by atoms with E-state index in [1.165, 1.54) is 6.92 Å². The summed E-state index contributed by atoms with van der Waals surface area (Å²) in [5.41, 5.74) is -6.23. The molecular weight excluding hydrogens is 318 g/mol. The highest BCUT2D eigenvalue weighted by Crippen LogP contribution is 2.53. The summed E-state index contributed by atoms with van der Waals surface area (Å²) in [6.45, 7) is -0.751. The monoisotopic (exact) mass is 332 g/mol. The molecule has 22 heavy (non-hydrogen) atoms. The maximum Gasteiger partial charge on any atom is 0.429 e. The van der Waals surface area contributed by atoms with Gasteiger partial charge in [-0.1, -0.05) is 12.2 Å². The Morgan fingerprint density at radius 2 is 1.77 bits per heavy atom. The molecule has 1 saturated carbocycles. The average Bonchev–Trinajstić information content (AvgIpc) is 2.92. The van der Waals surface area contributed by atoms with Gasteiger partial charge < -0.3 is 9.84 Å². The van der Waals surface area contributed by atoms with Gasteiger partial charge in [-0.25, -0.2) is 0 Å². The molecule has 0 aromatic carbocycles. The van der Waals surface area contributed by atoms with Gasteiger partial charge in [-0.05, 0) is 31.6 Å². The van der Waals surface area contributed by atoms with E-state index < -0.39 is 35.9 Å². The third-order valence-corrected chi connectivity index (χ3v) is 4.49. The number of carbonyl (C=O) groups is 1. The van der Waals surface area contributed by atoms with Crippen LogP contribution in [0.1, 0.15) is 19.8 Å². The van der Waals surface area contributed by atoms with Crippen molar-refractivity contribution in [3.05, 3.63) is 12.2 Å². The first-order chi connectivity index (χ1) is 9.81. The Balaban J connectivity index is 2.11. The number of allylic oxidation sites excluding steroid dienone is 2. The van der Waals surface area contributed by atoms with E-state index in [9.17, 15) is 31.1 Å². The van der Waals surface area contributed by atoms with Gasteiger partial charge in [0.05, 0.1) is 5.41 Å². The van der Waals surface area contributed by atoms with Crippen LogP contribution in [-0.2, 0) is 9.53 Å². The number of fused-ring (bicyclic) bond motifs is 2. The van der Waals surface area contributed by atoms with Crippen LogP contribution in [0.25, 0.3) is 0 Å². The van der Waals surface area contributed by atoms with E-state index in [2.05, 4.69) is 4.74 Å². The summed E-state index contributed by atoms with van der Waals surface area (Å²) in [6, 6.07) is 0. The standard InChI is InChI=1S/C13H14F6O3/c1-10(5-7-2-3-8(10)4-7)9(20)22-6-11(21,12(14,15)16)13(17,18)19/h2-3,7-8,21H,4-6H2,1H3. The van der Waals surface area contributed by atoms with E-state index >= 15 is 0 Å². The summed E-state index contributed by atoms with van der Waals surface area (Å²) in [7, 11) is 0. The van der Waals surface area contributed by atoms with Crippen molar-refractivity contribution in [2.75, 3.05) is 6.61 Å². The van der Waals surface area contributed by atoms with Gasteiger partial charge in [0, 0.05) is 0 Å². The Morgan fingerprint density at radius 1 is 1.23 bits per heavy atom. The van der Waals surface area contributed by atoms with Crippen LogP contribution in [0.4, 0.5) is 26.3 Å². The van der Waals surface area contributed by atoms with Crippen molar-refractivity contribution in [2.45, 2.75) is 37.7 Å². The Kier molecular flexibility index (Phi) is 3.79. The smallest absolute Gasteiger partial charge is 0.429 e. The Labute approximate surface area is 121 Å². The molecule has 3 atom stereocenters. The first kappa shape index (κ1) is 17.1. The van der Waals surface area contributed by atoms with E-state index in [0.717, 1.165) is 0 Å². The highest BCUT2D eigenvalue weighted by molar-refractivity contribution is 5.78. The van der Waals surface area contributed by atoms with Gasteiger partial charge in [0.15, 0.2) is 0 Å². The third-order valence-electron chi connectivity index (χ3n) is 4.49. The number of esters is 1. The first-order valence-corrected chi connectivity index (χ1v) is 6.52. The Bertz CT molecular complexity index is 481. The zero-order valence-electron chi connectivity index (χ0n) is 11.5. The number of halogens is 6. The molecule has 0 saturated heterocycles. The minimum Gasteiger partial charge on any atom is -0.461 e. The molecule has 3 nitrogen and oxygen atoms in total. The largest absolute Gasteiger partial charge is 0.461 e. The number of hydrogen-bond acceptors (Lipinski definition) is 3. The first-order valence-electron chi connectivity index (χ1n) is 6.52. The molecule has 1 fully saturated rings. The van der Waals surface area contributed by atoms with Gasteiger partial charge in [0.1, 0.15) is 6.61 Å². The van der Waals surface area contributed by atoms with E-state index in [1.807, 2.05) is 6.08 Å². The van der Waals surface area contributed by atoms with E-state index in [1.54, 1.807) is 6.08 Å². The topological polar surface area (TPSA) is 46.5 Å². The number of hydrogen-bond donors (Lipinski definition) is 1. The fraction of sp³-hybridized carbons (Fsp3) is 0.769. The van der Waals surface area contributed by atoms with Gasteiger partial charge in [-0.3, -0.25) is 4.79 Å². The normalized spacial score (nSPS) is 31.6. The van der Waals surface area contributed by atoms with E-state index in [0.29, 0.717) is 12.8 Å². The molecule has 0 aromatic heterocycles. The number of aliphatic hydroxyl groups is 1. The van der Waals surface area contributed by atoms with Crippen molar-refractivity contribution in [2.24, 2.45) is 17.3 Å². The molecule has 0 radical (unpaired) electrons. The molecule has 0 aromatic rings. The molecule has 0 aliphatic heterocycles. The highest BCUT2D eigenvalue weighted by atomic mass is 19.4. The summed E-state index contributed by atoms with van der Waals surface area (Å²) in [5.74, 6) is -1.35. The second kappa shape index (κ2) is 4.87. The minimum absolute atomic E-state index is 0.0756. The van der Waals surface area contributed by atoms with Gasteiger partial charge >= 0.3 is 18.3 Å². The molecule has 2 bridgehead atoms. The molecule has 9 heteroatoms. The molecule has 2 rings (SSSR count). The summed E-state index contributed by atoms with van der Waals surface area (Å²) in [5, 5.41) is 8.95. The molecule has 0 amide bonds. The van der Waals surface area contributed by atoms with Gasteiger partial charge in [0.2, 0.25) is 0 Å². The van der Waals surface area contributed by atoms with E-state index in [-0.39, 0.29) is 11.8 Å². The zero-order valence-corrected chi connectivity index (χ0v) is 11.5. The molecule has 2 aliphatic carbocycles. The fourth-order valence-electron chi connectivity index (χ4n) is 2.99. The van der Waals surface area contributed by atoms with Gasteiger partial charge in [-0.2, -0.15) is 26.3 Å². The van der Waals surface area contributed by atoms with Crippen LogP contribution in [-0.4, -0.2) is 35.6 Å². The zero-order chi connectivity index (χ0) is 17.0. The predicted octanol–water partition coefficient (Wildman–Crippen LogP) is 2.99. The lowest BCUT2D eigenvalue weighted by Crippen LogP contribution is -2.60. The molecule has 126 valence electrons. The number of rotatable bonds is 3. The maximum atomic E-state index is 12.5. The van der Waals surface area contributed by atoms with Crippen LogP contribution in [0.3, 0.4) is 0 Å². The third kappa shape index (κ3) is 2.49. The maximum absolute atomic E-state index is 12.5. The van der Waals surface area contributed by atoms with Crippen molar-refractivity contribution < 1.29 is 41.0 Å². The Hall–Kier alpha value is -1.25. The lowest BCUT2D eigenvalue weighted by atomic mass is 9.78. The van der Waals surface area contributed by atoms with Crippen molar-refractivity contribution >= 4 is 5.97 Å². The highest BCUT2D eigenvalue weighted by Gasteiger charge is 2.71. The van der Waals surface area contributed by atoms with Crippen LogP contribution < -0.4 is 0 Å². The molecular formula is C13H14F6O3. The van der Waals surface area contributed by atoms with Crippen LogP contribution in [0.5, 0.6) is 0 Å². The number of ether oxygens (including phenoxy) is 1. The van der Waals surface area contributed by atoms with Crippen molar-refractivity contribution in [1.82, 2.24) is 0 Å². The van der Waals surface area contributed by atoms with Crippen LogP contribution in [0, 0.1) is 17.3 Å².